The molecule has 1 heterocycles. The maximum atomic E-state index is 11.9. The summed E-state index contributed by atoms with van der Waals surface area (Å²) in [5, 5.41) is 3.94. The molecule has 0 bridgehead atoms. The van der Waals surface area contributed by atoms with Crippen LogP contribution in [-0.4, -0.2) is 24.2 Å². The average molecular weight is 284 g/mol. The van der Waals surface area contributed by atoms with Crippen LogP contribution < -0.4 is 16.3 Å². The highest BCUT2D eigenvalue weighted by Crippen LogP contribution is 2.35. The van der Waals surface area contributed by atoms with E-state index in [0.717, 1.165) is 17.9 Å². The van der Waals surface area contributed by atoms with Crippen LogP contribution in [-0.2, 0) is 4.79 Å². The molecule has 1 saturated heterocycles. The van der Waals surface area contributed by atoms with E-state index >= 15 is 0 Å². The number of carbonyl (C=O) groups is 1. The van der Waals surface area contributed by atoms with Crippen molar-refractivity contribution in [3.8, 4) is 0 Å². The number of rotatable bonds is 5. The summed E-state index contributed by atoms with van der Waals surface area (Å²) in [7, 11) is 0. The number of nitrogens with zero attached hydrogens (tertiary/aromatic N) is 1. The van der Waals surface area contributed by atoms with Crippen LogP contribution in [0.3, 0.4) is 0 Å². The van der Waals surface area contributed by atoms with Crippen LogP contribution in [0.25, 0.3) is 6.08 Å². The van der Waals surface area contributed by atoms with E-state index in [1.807, 2.05) is 42.5 Å². The molecule has 1 aromatic rings. The van der Waals surface area contributed by atoms with Crippen molar-refractivity contribution >= 4 is 18.2 Å². The van der Waals surface area contributed by atoms with E-state index in [0.29, 0.717) is 6.04 Å². The molecule has 2 unspecified atom stereocenters. The van der Waals surface area contributed by atoms with Gasteiger partial charge in [0.25, 0.3) is 5.91 Å². The molecule has 21 heavy (non-hydrogen) atoms. The summed E-state index contributed by atoms with van der Waals surface area (Å²) >= 11 is 0. The highest BCUT2D eigenvalue weighted by atomic mass is 16.2. The van der Waals surface area contributed by atoms with Gasteiger partial charge in [-0.1, -0.05) is 36.4 Å². The summed E-state index contributed by atoms with van der Waals surface area (Å²) in [5.74, 6) is 0.655. The van der Waals surface area contributed by atoms with Gasteiger partial charge in [-0.15, -0.1) is 0 Å². The van der Waals surface area contributed by atoms with Crippen molar-refractivity contribution in [1.82, 2.24) is 16.3 Å². The molecule has 0 aromatic heterocycles. The number of hydrogen-bond acceptors (Lipinski definition) is 4. The van der Waals surface area contributed by atoms with Gasteiger partial charge >= 0.3 is 0 Å². The highest BCUT2D eigenvalue weighted by molar-refractivity contribution is 5.84. The van der Waals surface area contributed by atoms with Crippen LogP contribution in [0.5, 0.6) is 0 Å². The second kappa shape index (κ2) is 6.65. The average Bonchev–Trinajstić information content (AvgIpc) is 3.25. The zero-order chi connectivity index (χ0) is 14.5. The summed E-state index contributed by atoms with van der Waals surface area (Å²) in [6.45, 7) is 0. The topological polar surface area (TPSA) is 65.5 Å². The molecule has 110 valence electrons. The predicted molar refractivity (Wildman–Crippen MR) is 83.3 cm³/mol. The highest BCUT2D eigenvalue weighted by Gasteiger charge is 2.38. The molecular formula is C16H20N4O. The van der Waals surface area contributed by atoms with E-state index in [-0.39, 0.29) is 11.9 Å². The lowest BCUT2D eigenvalue weighted by molar-refractivity contribution is -0.122. The Bertz CT molecular complexity index is 536. The Morgan fingerprint density at radius 3 is 2.81 bits per heavy atom. The number of nitrogens with one attached hydrogen (secondary N) is 3. The van der Waals surface area contributed by atoms with Crippen molar-refractivity contribution in [2.24, 2.45) is 11.0 Å². The molecule has 1 aliphatic carbocycles. The maximum absolute atomic E-state index is 11.9. The molecule has 5 heteroatoms. The van der Waals surface area contributed by atoms with Gasteiger partial charge in [-0.2, -0.15) is 5.10 Å². The first-order valence-corrected chi connectivity index (χ1v) is 7.38. The lowest BCUT2D eigenvalue weighted by Crippen LogP contribution is -2.42. The summed E-state index contributed by atoms with van der Waals surface area (Å²) in [6.07, 6.45) is 8.72. The first-order valence-electron chi connectivity index (χ1n) is 7.38. The molecular weight excluding hydrogens is 264 g/mol. The van der Waals surface area contributed by atoms with Crippen LogP contribution in [0.2, 0.25) is 0 Å². The first-order chi connectivity index (χ1) is 10.3. The Balaban J connectivity index is 1.41. The van der Waals surface area contributed by atoms with Gasteiger partial charge in [0.05, 0.1) is 0 Å². The Hall–Kier alpha value is -1.98. The zero-order valence-electron chi connectivity index (χ0n) is 11.8. The molecule has 1 aliphatic heterocycles. The van der Waals surface area contributed by atoms with Crippen LogP contribution in [0, 0.1) is 5.92 Å². The van der Waals surface area contributed by atoms with Gasteiger partial charge in [-0.05, 0) is 36.8 Å². The molecule has 2 atom stereocenters. The Labute approximate surface area is 124 Å². The van der Waals surface area contributed by atoms with Crippen LogP contribution in [0.4, 0.5) is 0 Å². The van der Waals surface area contributed by atoms with E-state index in [1.54, 1.807) is 6.21 Å². The molecule has 1 saturated carbocycles. The van der Waals surface area contributed by atoms with Crippen molar-refractivity contribution in [2.45, 2.75) is 31.3 Å². The van der Waals surface area contributed by atoms with E-state index in [1.165, 1.54) is 12.8 Å². The normalized spacial score (nSPS) is 25.7. The van der Waals surface area contributed by atoms with Crippen molar-refractivity contribution < 1.29 is 4.79 Å². The Morgan fingerprint density at radius 1 is 1.24 bits per heavy atom. The SMILES string of the molecule is O=C(N/N=C/C=C/c1ccccc1)C1CC(C2CC2)NN1. The van der Waals surface area contributed by atoms with Gasteiger partial charge in [-0.3, -0.25) is 10.2 Å². The summed E-state index contributed by atoms with van der Waals surface area (Å²) < 4.78 is 0. The third-order valence-corrected chi connectivity index (χ3v) is 3.86. The van der Waals surface area contributed by atoms with Gasteiger partial charge in [0.15, 0.2) is 0 Å². The molecule has 3 N–H and O–H groups in total. The lowest BCUT2D eigenvalue weighted by atomic mass is 10.1. The second-order valence-corrected chi connectivity index (χ2v) is 5.54. The number of hydrogen-bond donors (Lipinski definition) is 3. The quantitative estimate of drug-likeness (QED) is 0.566. The summed E-state index contributed by atoms with van der Waals surface area (Å²) in [5.41, 5.74) is 9.91. The van der Waals surface area contributed by atoms with Crippen LogP contribution in [0.15, 0.2) is 41.5 Å². The van der Waals surface area contributed by atoms with E-state index in [9.17, 15) is 4.79 Å². The van der Waals surface area contributed by atoms with Crippen molar-refractivity contribution in [2.75, 3.05) is 0 Å². The van der Waals surface area contributed by atoms with Crippen LogP contribution in [0.1, 0.15) is 24.8 Å². The number of hydrazone groups is 1. The summed E-state index contributed by atoms with van der Waals surface area (Å²) in [4.78, 5) is 11.9. The molecule has 5 nitrogen and oxygen atoms in total. The maximum Gasteiger partial charge on any atom is 0.258 e. The number of hydrazine groups is 1. The molecule has 3 rings (SSSR count). The first kappa shape index (κ1) is 14.0. The standard InChI is InChI=1S/C16H20N4O/c21-16(15-11-14(18-19-15)13-8-9-13)20-17-10-4-7-12-5-2-1-3-6-12/h1-7,10,13-15,18-19H,8-9,11H2,(H,20,21)/b7-4+,17-10+. The fraction of sp³-hybridized carbons (Fsp3) is 0.375. The number of allylic oxidation sites excluding steroid dienone is 1. The molecule has 2 aliphatic rings. The molecule has 0 radical (unpaired) electrons. The Kier molecular flexibility index (Phi) is 4.43. The minimum Gasteiger partial charge on any atom is -0.271 e. The summed E-state index contributed by atoms with van der Waals surface area (Å²) in [6, 6.07) is 10.2. The second-order valence-electron chi connectivity index (χ2n) is 5.54. The van der Waals surface area contributed by atoms with Gasteiger partial charge in [-0.25, -0.2) is 10.9 Å². The predicted octanol–water partition coefficient (Wildman–Crippen LogP) is 1.45. The fourth-order valence-electron chi connectivity index (χ4n) is 2.50. The molecule has 1 aromatic carbocycles. The Morgan fingerprint density at radius 2 is 2.05 bits per heavy atom. The van der Waals surface area contributed by atoms with Crippen LogP contribution >= 0.6 is 0 Å². The molecule has 0 spiro atoms. The number of carbonyl (C=O) groups excluding carboxylic acids is 1. The largest absolute Gasteiger partial charge is 0.271 e. The molecule has 2 fully saturated rings. The van der Waals surface area contributed by atoms with E-state index in [2.05, 4.69) is 21.4 Å². The van der Waals surface area contributed by atoms with E-state index in [4.69, 9.17) is 0 Å². The number of benzene rings is 1. The third kappa shape index (κ3) is 4.00. The van der Waals surface area contributed by atoms with Crippen molar-refractivity contribution in [3.63, 3.8) is 0 Å². The van der Waals surface area contributed by atoms with Gasteiger partial charge in [0.1, 0.15) is 6.04 Å². The van der Waals surface area contributed by atoms with Gasteiger partial charge < -0.3 is 0 Å². The number of amides is 1. The minimum atomic E-state index is -0.189. The smallest absolute Gasteiger partial charge is 0.258 e. The molecule has 1 amide bonds. The van der Waals surface area contributed by atoms with Gasteiger partial charge in [0, 0.05) is 12.3 Å². The van der Waals surface area contributed by atoms with Crippen molar-refractivity contribution in [1.29, 1.82) is 0 Å². The minimum absolute atomic E-state index is 0.0880. The lowest BCUT2D eigenvalue weighted by Gasteiger charge is -2.06. The van der Waals surface area contributed by atoms with Gasteiger partial charge in [0.2, 0.25) is 0 Å². The third-order valence-electron chi connectivity index (χ3n) is 3.86. The van der Waals surface area contributed by atoms with E-state index < -0.39 is 0 Å². The fourth-order valence-corrected chi connectivity index (χ4v) is 2.50. The monoisotopic (exact) mass is 284 g/mol. The van der Waals surface area contributed by atoms with Crippen molar-refractivity contribution in [3.05, 3.63) is 42.0 Å². The zero-order valence-corrected chi connectivity index (χ0v) is 11.8.